The minimum Gasteiger partial charge on any atom is -0.493 e. The van der Waals surface area contributed by atoms with Crippen LogP contribution in [0.3, 0.4) is 0 Å². The van der Waals surface area contributed by atoms with E-state index < -0.39 is 0 Å². The average Bonchev–Trinajstić information content (AvgIpc) is 2.37. The van der Waals surface area contributed by atoms with Crippen molar-refractivity contribution in [3.05, 3.63) is 30.5 Å². The van der Waals surface area contributed by atoms with Gasteiger partial charge in [-0.05, 0) is 25.1 Å². The number of carbonyl (C=O) groups is 2. The molecular formula is C14H17N3O3. The highest BCUT2D eigenvalue weighted by molar-refractivity contribution is 5.96. The second-order valence-electron chi connectivity index (χ2n) is 4.64. The third-order valence-electron chi connectivity index (χ3n) is 3.20. The fraction of sp³-hybridized carbons (Fsp3) is 0.357. The Labute approximate surface area is 117 Å². The van der Waals surface area contributed by atoms with Crippen LogP contribution in [0, 0.1) is 12.8 Å². The largest absolute Gasteiger partial charge is 0.493 e. The van der Waals surface area contributed by atoms with E-state index in [-0.39, 0.29) is 17.7 Å². The highest BCUT2D eigenvalue weighted by Gasteiger charge is 2.35. The standard InChI is InChI=1S/C14H17N3O3/c1-4-12(18)17-7-10(8-17)14(19)16-13-11(20-3)6-5-9(2)15-13/h4-6,10H,1,7-8H2,2-3H3,(H,15,16,19). The number of aryl methyl sites for hydroxylation is 1. The van der Waals surface area contributed by atoms with Gasteiger partial charge in [0.25, 0.3) is 0 Å². The monoisotopic (exact) mass is 275 g/mol. The molecular weight excluding hydrogens is 258 g/mol. The van der Waals surface area contributed by atoms with Gasteiger partial charge in [-0.2, -0.15) is 0 Å². The average molecular weight is 275 g/mol. The zero-order valence-corrected chi connectivity index (χ0v) is 11.5. The number of carbonyl (C=O) groups excluding carboxylic acids is 2. The molecule has 1 fully saturated rings. The molecule has 1 saturated heterocycles. The van der Waals surface area contributed by atoms with Gasteiger partial charge in [0.05, 0.1) is 13.0 Å². The number of ether oxygens (including phenoxy) is 1. The number of likely N-dealkylation sites (tertiary alicyclic amines) is 1. The van der Waals surface area contributed by atoms with E-state index >= 15 is 0 Å². The Kier molecular flexibility index (Phi) is 4.02. The summed E-state index contributed by atoms with van der Waals surface area (Å²) in [6.07, 6.45) is 1.25. The Morgan fingerprint density at radius 2 is 2.20 bits per heavy atom. The molecule has 106 valence electrons. The van der Waals surface area contributed by atoms with Crippen LogP contribution >= 0.6 is 0 Å². The van der Waals surface area contributed by atoms with Crippen molar-refractivity contribution in [1.29, 1.82) is 0 Å². The van der Waals surface area contributed by atoms with Crippen molar-refractivity contribution < 1.29 is 14.3 Å². The Morgan fingerprint density at radius 3 is 2.80 bits per heavy atom. The minimum absolute atomic E-state index is 0.152. The van der Waals surface area contributed by atoms with Crippen molar-refractivity contribution >= 4 is 17.6 Å². The summed E-state index contributed by atoms with van der Waals surface area (Å²) in [5.41, 5.74) is 0.790. The predicted octanol–water partition coefficient (Wildman–Crippen LogP) is 0.982. The second kappa shape index (κ2) is 5.73. The van der Waals surface area contributed by atoms with Gasteiger partial charge in [0.2, 0.25) is 11.8 Å². The lowest BCUT2D eigenvalue weighted by Crippen LogP contribution is -2.54. The van der Waals surface area contributed by atoms with Crippen molar-refractivity contribution in [2.75, 3.05) is 25.5 Å². The van der Waals surface area contributed by atoms with Crippen LogP contribution in [-0.2, 0) is 9.59 Å². The van der Waals surface area contributed by atoms with E-state index in [1.807, 2.05) is 13.0 Å². The summed E-state index contributed by atoms with van der Waals surface area (Å²) in [6, 6.07) is 3.56. The van der Waals surface area contributed by atoms with E-state index in [2.05, 4.69) is 16.9 Å². The van der Waals surface area contributed by atoms with Gasteiger partial charge >= 0.3 is 0 Å². The molecule has 6 nitrogen and oxygen atoms in total. The fourth-order valence-electron chi connectivity index (χ4n) is 1.97. The molecule has 0 aliphatic carbocycles. The summed E-state index contributed by atoms with van der Waals surface area (Å²) >= 11 is 0. The lowest BCUT2D eigenvalue weighted by Gasteiger charge is -2.37. The van der Waals surface area contributed by atoms with Gasteiger partial charge in [-0.3, -0.25) is 9.59 Å². The number of nitrogens with one attached hydrogen (secondary N) is 1. The van der Waals surface area contributed by atoms with Crippen LogP contribution in [0.1, 0.15) is 5.69 Å². The van der Waals surface area contributed by atoms with E-state index in [9.17, 15) is 9.59 Å². The summed E-state index contributed by atoms with van der Waals surface area (Å²) in [6.45, 7) is 6.07. The molecule has 2 rings (SSSR count). The third-order valence-corrected chi connectivity index (χ3v) is 3.20. The van der Waals surface area contributed by atoms with Crippen molar-refractivity contribution in [2.45, 2.75) is 6.92 Å². The first kappa shape index (κ1) is 14.0. The number of rotatable bonds is 4. The number of methoxy groups -OCH3 is 1. The Bertz CT molecular complexity index is 551. The predicted molar refractivity (Wildman–Crippen MR) is 74.4 cm³/mol. The van der Waals surface area contributed by atoms with Gasteiger partial charge in [-0.25, -0.2) is 4.98 Å². The Morgan fingerprint density at radius 1 is 1.50 bits per heavy atom. The normalized spacial score (nSPS) is 14.4. The zero-order chi connectivity index (χ0) is 14.7. The van der Waals surface area contributed by atoms with Crippen LogP contribution < -0.4 is 10.1 Å². The van der Waals surface area contributed by atoms with Gasteiger partial charge in [-0.15, -0.1) is 0 Å². The first-order chi connectivity index (χ1) is 9.55. The lowest BCUT2D eigenvalue weighted by molar-refractivity contribution is -0.137. The molecule has 1 aromatic rings. The van der Waals surface area contributed by atoms with E-state index in [1.165, 1.54) is 13.2 Å². The van der Waals surface area contributed by atoms with Gasteiger partial charge in [0.15, 0.2) is 11.6 Å². The zero-order valence-electron chi connectivity index (χ0n) is 11.5. The Balaban J connectivity index is 1.98. The molecule has 0 aromatic carbocycles. The molecule has 20 heavy (non-hydrogen) atoms. The van der Waals surface area contributed by atoms with Crippen molar-refractivity contribution in [3.8, 4) is 5.75 Å². The van der Waals surface area contributed by atoms with Gasteiger partial charge in [0.1, 0.15) is 0 Å². The number of anilines is 1. The number of hydrogen-bond donors (Lipinski definition) is 1. The molecule has 1 aliphatic rings. The summed E-state index contributed by atoms with van der Waals surface area (Å²) < 4.78 is 5.15. The van der Waals surface area contributed by atoms with E-state index in [1.54, 1.807) is 11.0 Å². The van der Waals surface area contributed by atoms with E-state index in [4.69, 9.17) is 4.74 Å². The molecule has 2 heterocycles. The SMILES string of the molecule is C=CC(=O)N1CC(C(=O)Nc2nc(C)ccc2OC)C1. The third kappa shape index (κ3) is 2.79. The summed E-state index contributed by atoms with van der Waals surface area (Å²) in [7, 11) is 1.52. The van der Waals surface area contributed by atoms with Gasteiger partial charge < -0.3 is 15.0 Å². The van der Waals surface area contributed by atoms with Crippen LogP contribution in [0.15, 0.2) is 24.8 Å². The lowest BCUT2D eigenvalue weighted by atomic mass is 9.99. The Hall–Kier alpha value is -2.37. The molecule has 6 heteroatoms. The molecule has 1 aromatic heterocycles. The van der Waals surface area contributed by atoms with E-state index in [0.717, 1.165) is 5.69 Å². The number of aromatic nitrogens is 1. The van der Waals surface area contributed by atoms with Crippen molar-refractivity contribution in [2.24, 2.45) is 5.92 Å². The molecule has 0 spiro atoms. The number of hydrogen-bond acceptors (Lipinski definition) is 4. The van der Waals surface area contributed by atoms with Crippen molar-refractivity contribution in [1.82, 2.24) is 9.88 Å². The number of pyridine rings is 1. The number of nitrogens with zero attached hydrogens (tertiary/aromatic N) is 2. The molecule has 1 N–H and O–H groups in total. The quantitative estimate of drug-likeness (QED) is 0.832. The minimum atomic E-state index is -0.217. The molecule has 0 saturated carbocycles. The molecule has 0 bridgehead atoms. The first-order valence-corrected chi connectivity index (χ1v) is 6.29. The van der Waals surface area contributed by atoms with Crippen LogP contribution in [0.5, 0.6) is 5.75 Å². The molecule has 1 aliphatic heterocycles. The van der Waals surface area contributed by atoms with Gasteiger partial charge in [-0.1, -0.05) is 6.58 Å². The molecule has 0 radical (unpaired) electrons. The molecule has 0 unspecified atom stereocenters. The van der Waals surface area contributed by atoms with Crippen LogP contribution in [0.2, 0.25) is 0 Å². The maximum atomic E-state index is 12.1. The second-order valence-corrected chi connectivity index (χ2v) is 4.64. The summed E-state index contributed by atoms with van der Waals surface area (Å²) in [5.74, 6) is 0.397. The molecule has 2 amide bonds. The number of amides is 2. The van der Waals surface area contributed by atoms with Gasteiger partial charge in [0, 0.05) is 18.8 Å². The van der Waals surface area contributed by atoms with Crippen LogP contribution in [0.4, 0.5) is 5.82 Å². The highest BCUT2D eigenvalue weighted by atomic mass is 16.5. The van der Waals surface area contributed by atoms with Crippen LogP contribution in [-0.4, -0.2) is 41.9 Å². The topological polar surface area (TPSA) is 71.5 Å². The van der Waals surface area contributed by atoms with Crippen molar-refractivity contribution in [3.63, 3.8) is 0 Å². The fourth-order valence-corrected chi connectivity index (χ4v) is 1.97. The summed E-state index contributed by atoms with van der Waals surface area (Å²) in [5, 5.41) is 2.74. The van der Waals surface area contributed by atoms with Crippen LogP contribution in [0.25, 0.3) is 0 Å². The van der Waals surface area contributed by atoms with E-state index in [0.29, 0.717) is 24.7 Å². The first-order valence-electron chi connectivity index (χ1n) is 6.29. The molecule has 0 atom stereocenters. The maximum absolute atomic E-state index is 12.1. The highest BCUT2D eigenvalue weighted by Crippen LogP contribution is 2.24. The smallest absolute Gasteiger partial charge is 0.246 e. The maximum Gasteiger partial charge on any atom is 0.246 e. The summed E-state index contributed by atoms with van der Waals surface area (Å²) in [4.78, 5) is 29.2.